The normalized spacial score (nSPS) is 22.7. The van der Waals surface area contributed by atoms with E-state index in [1.165, 1.54) is 6.92 Å². The van der Waals surface area contributed by atoms with Crippen molar-refractivity contribution in [2.45, 2.75) is 19.4 Å². The lowest BCUT2D eigenvalue weighted by Gasteiger charge is -2.14. The average Bonchev–Trinajstić information content (AvgIpc) is 2.97. The van der Waals surface area contributed by atoms with Gasteiger partial charge in [0.25, 0.3) is 0 Å². The van der Waals surface area contributed by atoms with Gasteiger partial charge in [-0.3, -0.25) is 4.79 Å². The number of benzene rings is 1. The van der Waals surface area contributed by atoms with Crippen molar-refractivity contribution in [3.63, 3.8) is 0 Å². The van der Waals surface area contributed by atoms with E-state index in [9.17, 15) is 4.79 Å². The minimum absolute atomic E-state index is 0.0141. The van der Waals surface area contributed by atoms with Crippen LogP contribution in [0.15, 0.2) is 18.2 Å². The maximum Gasteiger partial charge on any atom is 0.221 e. The molecule has 1 amide bonds. The van der Waals surface area contributed by atoms with Crippen molar-refractivity contribution in [1.29, 1.82) is 0 Å². The zero-order chi connectivity index (χ0) is 11.8. The fourth-order valence-electron chi connectivity index (χ4n) is 1.74. The number of carbonyl (C=O) groups excluding carboxylic acids is 1. The van der Waals surface area contributed by atoms with Gasteiger partial charge in [-0.15, -0.1) is 0 Å². The van der Waals surface area contributed by atoms with Gasteiger partial charge in [0.2, 0.25) is 5.91 Å². The van der Waals surface area contributed by atoms with Crippen molar-refractivity contribution in [3.8, 4) is 5.75 Å². The Morgan fingerprint density at radius 3 is 2.75 bits per heavy atom. The molecule has 1 unspecified atom stereocenters. The average molecular weight is 220 g/mol. The van der Waals surface area contributed by atoms with Gasteiger partial charge in [0.05, 0.1) is 12.6 Å². The molecule has 16 heavy (non-hydrogen) atoms. The van der Waals surface area contributed by atoms with Crippen LogP contribution in [0.3, 0.4) is 0 Å². The van der Waals surface area contributed by atoms with Crippen molar-refractivity contribution in [2.75, 3.05) is 19.0 Å². The van der Waals surface area contributed by atoms with Crippen LogP contribution in [-0.4, -0.2) is 19.6 Å². The molecule has 1 aliphatic rings. The number of ether oxygens (including phenoxy) is 1. The molecule has 86 valence electrons. The van der Waals surface area contributed by atoms with Crippen LogP contribution in [0.4, 0.5) is 5.69 Å². The van der Waals surface area contributed by atoms with Gasteiger partial charge in [-0.2, -0.15) is 0 Å². The van der Waals surface area contributed by atoms with Crippen LogP contribution < -0.4 is 15.4 Å². The van der Waals surface area contributed by atoms with Gasteiger partial charge >= 0.3 is 0 Å². The van der Waals surface area contributed by atoms with Crippen molar-refractivity contribution < 1.29 is 9.53 Å². The number of hydrogen-bond acceptors (Lipinski definition) is 3. The van der Waals surface area contributed by atoms with Crippen LogP contribution in [0, 0.1) is 0 Å². The molecule has 1 aliphatic heterocycles. The van der Waals surface area contributed by atoms with Crippen LogP contribution >= 0.6 is 0 Å². The predicted molar refractivity (Wildman–Crippen MR) is 62.7 cm³/mol. The van der Waals surface area contributed by atoms with E-state index < -0.39 is 0 Å². The Kier molecular flexibility index (Phi) is 2.59. The number of methoxy groups -OCH3 is 1. The highest BCUT2D eigenvalue weighted by atomic mass is 16.5. The van der Waals surface area contributed by atoms with E-state index in [4.69, 9.17) is 4.74 Å². The van der Waals surface area contributed by atoms with Gasteiger partial charge in [-0.05, 0) is 25.1 Å². The number of hydrogen-bond donors (Lipinski definition) is 2. The molecular formula is C12H16N2O2. The Hall–Kier alpha value is -1.55. The molecule has 1 saturated heterocycles. The summed E-state index contributed by atoms with van der Waals surface area (Å²) in [5.41, 5.74) is 1.87. The second-order valence-electron chi connectivity index (χ2n) is 4.28. The first-order valence-corrected chi connectivity index (χ1v) is 5.26. The summed E-state index contributed by atoms with van der Waals surface area (Å²) in [5.74, 6) is 0.784. The molecule has 0 spiro atoms. The van der Waals surface area contributed by atoms with Gasteiger partial charge in [-0.25, -0.2) is 0 Å². The van der Waals surface area contributed by atoms with E-state index in [2.05, 4.69) is 17.6 Å². The number of nitrogens with one attached hydrogen (secondary N) is 2. The van der Waals surface area contributed by atoms with E-state index in [0.717, 1.165) is 23.5 Å². The molecule has 1 atom stereocenters. The number of amides is 1. The molecule has 0 aliphatic carbocycles. The Balaban J connectivity index is 2.35. The Morgan fingerprint density at radius 1 is 1.56 bits per heavy atom. The summed E-state index contributed by atoms with van der Waals surface area (Å²) in [6.07, 6.45) is 0. The highest BCUT2D eigenvalue weighted by molar-refractivity contribution is 5.88. The van der Waals surface area contributed by atoms with Gasteiger partial charge in [0, 0.05) is 24.7 Å². The van der Waals surface area contributed by atoms with Crippen LogP contribution in [0.1, 0.15) is 19.4 Å². The molecule has 0 bridgehead atoms. The maximum atomic E-state index is 11.0. The molecule has 4 heteroatoms. The molecule has 2 N–H and O–H groups in total. The fourth-order valence-corrected chi connectivity index (χ4v) is 1.74. The zero-order valence-corrected chi connectivity index (χ0v) is 9.76. The lowest BCUT2D eigenvalue weighted by atomic mass is 9.99. The summed E-state index contributed by atoms with van der Waals surface area (Å²) in [4.78, 5) is 11.0. The molecule has 2 rings (SSSR count). The Bertz CT molecular complexity index is 425. The second-order valence-corrected chi connectivity index (χ2v) is 4.28. The largest absolute Gasteiger partial charge is 0.496 e. The molecule has 0 saturated carbocycles. The number of anilines is 1. The third kappa shape index (κ3) is 2.02. The summed E-state index contributed by atoms with van der Waals surface area (Å²) in [7, 11) is 1.66. The summed E-state index contributed by atoms with van der Waals surface area (Å²) in [6.45, 7) is 4.55. The summed E-state index contributed by atoms with van der Waals surface area (Å²) in [6, 6.07) is 5.68. The zero-order valence-electron chi connectivity index (χ0n) is 9.76. The van der Waals surface area contributed by atoms with E-state index >= 15 is 0 Å². The molecule has 4 nitrogen and oxygen atoms in total. The van der Waals surface area contributed by atoms with Crippen LogP contribution in [0.25, 0.3) is 0 Å². The third-order valence-corrected chi connectivity index (χ3v) is 2.82. The molecular weight excluding hydrogens is 204 g/mol. The molecule has 1 aromatic rings. The highest BCUT2D eigenvalue weighted by Gasteiger charge is 2.40. The van der Waals surface area contributed by atoms with Crippen LogP contribution in [-0.2, 0) is 10.3 Å². The quantitative estimate of drug-likeness (QED) is 0.758. The number of carbonyl (C=O) groups is 1. The first-order chi connectivity index (χ1) is 7.55. The van der Waals surface area contributed by atoms with Gasteiger partial charge < -0.3 is 15.4 Å². The minimum Gasteiger partial charge on any atom is -0.496 e. The van der Waals surface area contributed by atoms with Crippen molar-refractivity contribution in [1.82, 2.24) is 5.32 Å². The van der Waals surface area contributed by atoms with Gasteiger partial charge in [0.15, 0.2) is 0 Å². The van der Waals surface area contributed by atoms with E-state index in [1.807, 2.05) is 18.2 Å². The van der Waals surface area contributed by atoms with Gasteiger partial charge in [0.1, 0.15) is 5.75 Å². The molecule has 0 aromatic heterocycles. The fraction of sp³-hybridized carbons (Fsp3) is 0.417. The highest BCUT2D eigenvalue weighted by Crippen LogP contribution is 2.37. The molecule has 1 heterocycles. The lowest BCUT2D eigenvalue weighted by Crippen LogP contribution is -2.11. The predicted octanol–water partition coefficient (Wildman–Crippen LogP) is 1.47. The summed E-state index contributed by atoms with van der Waals surface area (Å²) >= 11 is 0. The SMILES string of the molecule is COc1ccc(NC(C)=O)cc1C1(C)CN1. The molecule has 1 fully saturated rings. The van der Waals surface area contributed by atoms with E-state index in [0.29, 0.717) is 0 Å². The van der Waals surface area contributed by atoms with Crippen molar-refractivity contribution in [2.24, 2.45) is 0 Å². The van der Waals surface area contributed by atoms with E-state index in [1.54, 1.807) is 7.11 Å². The second kappa shape index (κ2) is 3.79. The van der Waals surface area contributed by atoms with E-state index in [-0.39, 0.29) is 11.4 Å². The lowest BCUT2D eigenvalue weighted by molar-refractivity contribution is -0.114. The summed E-state index contributed by atoms with van der Waals surface area (Å²) < 4.78 is 5.32. The number of rotatable bonds is 3. The third-order valence-electron chi connectivity index (χ3n) is 2.82. The smallest absolute Gasteiger partial charge is 0.221 e. The molecule has 0 radical (unpaired) electrons. The minimum atomic E-state index is -0.0648. The first-order valence-electron chi connectivity index (χ1n) is 5.26. The Morgan fingerprint density at radius 2 is 2.25 bits per heavy atom. The van der Waals surface area contributed by atoms with Crippen LogP contribution in [0.2, 0.25) is 0 Å². The van der Waals surface area contributed by atoms with Crippen molar-refractivity contribution in [3.05, 3.63) is 23.8 Å². The summed E-state index contributed by atoms with van der Waals surface area (Å²) in [5, 5.41) is 6.06. The maximum absolute atomic E-state index is 11.0. The first kappa shape index (κ1) is 11.0. The van der Waals surface area contributed by atoms with Crippen LogP contribution in [0.5, 0.6) is 5.75 Å². The Labute approximate surface area is 95.0 Å². The monoisotopic (exact) mass is 220 g/mol. The van der Waals surface area contributed by atoms with Gasteiger partial charge in [-0.1, -0.05) is 0 Å². The van der Waals surface area contributed by atoms with Crippen molar-refractivity contribution >= 4 is 11.6 Å². The molecule has 1 aromatic carbocycles. The standard InChI is InChI=1S/C12H16N2O2/c1-8(15)14-9-4-5-11(16-3)10(6-9)12(2)7-13-12/h4-6,13H,7H2,1-3H3,(H,14,15). The topological polar surface area (TPSA) is 60.3 Å².